The maximum absolute atomic E-state index is 11.5. The third kappa shape index (κ3) is 4.94. The van der Waals surface area contributed by atoms with Gasteiger partial charge in [-0.25, -0.2) is 0 Å². The van der Waals surface area contributed by atoms with Crippen molar-refractivity contribution < 1.29 is 14.3 Å². The summed E-state index contributed by atoms with van der Waals surface area (Å²) in [6.45, 7) is 4.11. The Morgan fingerprint density at radius 3 is 2.94 bits per heavy atom. The van der Waals surface area contributed by atoms with Gasteiger partial charge in [-0.05, 0) is 25.3 Å². The van der Waals surface area contributed by atoms with Crippen molar-refractivity contribution in [2.75, 3.05) is 19.8 Å². The van der Waals surface area contributed by atoms with Crippen LogP contribution in [0, 0.1) is 5.92 Å². The molecule has 2 unspecified atom stereocenters. The molecule has 94 valence electrons. The van der Waals surface area contributed by atoms with E-state index in [2.05, 4.69) is 6.92 Å². The summed E-state index contributed by atoms with van der Waals surface area (Å²) in [4.78, 5) is 11.5. The van der Waals surface area contributed by atoms with Crippen LogP contribution in [0.15, 0.2) is 0 Å². The number of hydrogen-bond acceptors (Lipinski definition) is 4. The Morgan fingerprint density at radius 2 is 2.38 bits per heavy atom. The lowest BCUT2D eigenvalue weighted by atomic mass is 9.97. The van der Waals surface area contributed by atoms with Gasteiger partial charge in [0.05, 0.1) is 13.2 Å². The molecule has 1 fully saturated rings. The average molecular weight is 229 g/mol. The zero-order chi connectivity index (χ0) is 11.8. The van der Waals surface area contributed by atoms with Crippen molar-refractivity contribution in [3.8, 4) is 0 Å². The quantitative estimate of drug-likeness (QED) is 0.672. The normalized spacial score (nSPS) is 22.0. The molecule has 4 nitrogen and oxygen atoms in total. The first-order valence-electron chi connectivity index (χ1n) is 6.23. The number of nitrogens with two attached hydrogens (primary N) is 1. The molecule has 1 aliphatic rings. The molecule has 0 spiro atoms. The average Bonchev–Trinajstić information content (AvgIpc) is 2.76. The summed E-state index contributed by atoms with van der Waals surface area (Å²) in [5, 5.41) is 0. The van der Waals surface area contributed by atoms with Crippen LogP contribution in [-0.4, -0.2) is 31.8 Å². The Hall–Kier alpha value is -0.610. The summed E-state index contributed by atoms with van der Waals surface area (Å²) in [7, 11) is 0. The molecule has 1 aliphatic heterocycles. The van der Waals surface area contributed by atoms with Crippen LogP contribution in [0.2, 0.25) is 0 Å². The maximum Gasteiger partial charge on any atom is 0.306 e. The van der Waals surface area contributed by atoms with Gasteiger partial charge in [0.2, 0.25) is 0 Å². The van der Waals surface area contributed by atoms with Gasteiger partial charge in [-0.15, -0.1) is 0 Å². The summed E-state index contributed by atoms with van der Waals surface area (Å²) in [6, 6.07) is 0. The highest BCUT2D eigenvalue weighted by atomic mass is 16.6. The number of rotatable bonds is 7. The first-order chi connectivity index (χ1) is 7.76. The van der Waals surface area contributed by atoms with Crippen molar-refractivity contribution >= 4 is 5.97 Å². The molecule has 0 aliphatic carbocycles. The number of ether oxygens (including phenoxy) is 2. The van der Waals surface area contributed by atoms with E-state index in [0.29, 0.717) is 32.1 Å². The van der Waals surface area contributed by atoms with Crippen molar-refractivity contribution in [3.63, 3.8) is 0 Å². The molecule has 2 N–H and O–H groups in total. The summed E-state index contributed by atoms with van der Waals surface area (Å²) >= 11 is 0. The van der Waals surface area contributed by atoms with Crippen LogP contribution in [0.3, 0.4) is 0 Å². The highest BCUT2D eigenvalue weighted by molar-refractivity contribution is 5.69. The van der Waals surface area contributed by atoms with Gasteiger partial charge in [0.15, 0.2) is 0 Å². The van der Waals surface area contributed by atoms with Crippen LogP contribution in [0.4, 0.5) is 0 Å². The largest absolute Gasteiger partial charge is 0.460 e. The summed E-state index contributed by atoms with van der Waals surface area (Å²) < 4.78 is 10.4. The SMILES string of the molecule is CCC(CCN)CCC(=O)OC1CCOC1. The summed E-state index contributed by atoms with van der Waals surface area (Å²) in [5.41, 5.74) is 5.51. The Morgan fingerprint density at radius 1 is 1.56 bits per heavy atom. The summed E-state index contributed by atoms with van der Waals surface area (Å²) in [6.07, 6.45) is 4.30. The highest BCUT2D eigenvalue weighted by Crippen LogP contribution is 2.16. The molecule has 0 aromatic heterocycles. The van der Waals surface area contributed by atoms with Crippen LogP contribution >= 0.6 is 0 Å². The van der Waals surface area contributed by atoms with E-state index in [0.717, 1.165) is 25.7 Å². The number of esters is 1. The van der Waals surface area contributed by atoms with Crippen LogP contribution < -0.4 is 5.73 Å². The molecule has 0 aromatic carbocycles. The molecule has 1 heterocycles. The summed E-state index contributed by atoms with van der Waals surface area (Å²) in [5.74, 6) is 0.461. The Labute approximate surface area is 97.5 Å². The lowest BCUT2D eigenvalue weighted by Crippen LogP contribution is -2.19. The molecular formula is C12H23NO3. The van der Waals surface area contributed by atoms with Crippen molar-refractivity contribution in [2.45, 2.75) is 45.1 Å². The van der Waals surface area contributed by atoms with Crippen molar-refractivity contribution in [3.05, 3.63) is 0 Å². The monoisotopic (exact) mass is 229 g/mol. The van der Waals surface area contributed by atoms with E-state index in [-0.39, 0.29) is 12.1 Å². The van der Waals surface area contributed by atoms with Gasteiger partial charge in [0.25, 0.3) is 0 Å². The third-order valence-electron chi connectivity index (χ3n) is 3.09. The third-order valence-corrected chi connectivity index (χ3v) is 3.09. The second-order valence-corrected chi connectivity index (χ2v) is 4.37. The Balaban J connectivity index is 2.12. The lowest BCUT2D eigenvalue weighted by molar-refractivity contribution is -0.149. The van der Waals surface area contributed by atoms with E-state index in [1.807, 2.05) is 0 Å². The minimum atomic E-state index is -0.0917. The van der Waals surface area contributed by atoms with Gasteiger partial charge >= 0.3 is 5.97 Å². The minimum absolute atomic E-state index is 0.0120. The van der Waals surface area contributed by atoms with Gasteiger partial charge in [0, 0.05) is 12.8 Å². The van der Waals surface area contributed by atoms with Gasteiger partial charge in [0.1, 0.15) is 6.10 Å². The van der Waals surface area contributed by atoms with Gasteiger partial charge in [-0.2, -0.15) is 0 Å². The van der Waals surface area contributed by atoms with E-state index < -0.39 is 0 Å². The van der Waals surface area contributed by atoms with Crippen molar-refractivity contribution in [2.24, 2.45) is 11.7 Å². The molecule has 0 bridgehead atoms. The van der Waals surface area contributed by atoms with E-state index in [1.54, 1.807) is 0 Å². The van der Waals surface area contributed by atoms with Gasteiger partial charge in [-0.1, -0.05) is 13.3 Å². The predicted molar refractivity (Wildman–Crippen MR) is 62.0 cm³/mol. The molecule has 4 heteroatoms. The van der Waals surface area contributed by atoms with E-state index in [1.165, 1.54) is 0 Å². The second kappa shape index (κ2) is 7.63. The first-order valence-corrected chi connectivity index (χ1v) is 6.23. The first kappa shape index (κ1) is 13.5. The molecule has 1 saturated heterocycles. The fourth-order valence-electron chi connectivity index (χ4n) is 1.96. The number of hydrogen-bond donors (Lipinski definition) is 1. The molecule has 16 heavy (non-hydrogen) atoms. The molecule has 1 rings (SSSR count). The fraction of sp³-hybridized carbons (Fsp3) is 0.917. The van der Waals surface area contributed by atoms with E-state index in [4.69, 9.17) is 15.2 Å². The molecule has 0 aromatic rings. The number of carbonyl (C=O) groups excluding carboxylic acids is 1. The maximum atomic E-state index is 11.5. The number of carbonyl (C=O) groups is 1. The predicted octanol–water partition coefficient (Wildman–Crippen LogP) is 1.47. The lowest BCUT2D eigenvalue weighted by Gasteiger charge is -2.14. The standard InChI is InChI=1S/C12H23NO3/c1-2-10(5-7-13)3-4-12(14)16-11-6-8-15-9-11/h10-11H,2-9,13H2,1H3. The second-order valence-electron chi connectivity index (χ2n) is 4.37. The highest BCUT2D eigenvalue weighted by Gasteiger charge is 2.20. The Kier molecular flexibility index (Phi) is 6.42. The molecule has 0 radical (unpaired) electrons. The minimum Gasteiger partial charge on any atom is -0.460 e. The molecular weight excluding hydrogens is 206 g/mol. The smallest absolute Gasteiger partial charge is 0.306 e. The Bertz CT molecular complexity index is 202. The topological polar surface area (TPSA) is 61.6 Å². The van der Waals surface area contributed by atoms with Crippen LogP contribution in [-0.2, 0) is 14.3 Å². The fourth-order valence-corrected chi connectivity index (χ4v) is 1.96. The zero-order valence-corrected chi connectivity index (χ0v) is 10.1. The molecule has 0 amide bonds. The molecule has 2 atom stereocenters. The molecule has 0 saturated carbocycles. The van der Waals surface area contributed by atoms with Gasteiger partial charge < -0.3 is 15.2 Å². The van der Waals surface area contributed by atoms with Crippen molar-refractivity contribution in [1.82, 2.24) is 0 Å². The van der Waals surface area contributed by atoms with E-state index >= 15 is 0 Å². The van der Waals surface area contributed by atoms with Crippen molar-refractivity contribution in [1.29, 1.82) is 0 Å². The van der Waals surface area contributed by atoms with E-state index in [9.17, 15) is 4.79 Å². The van der Waals surface area contributed by atoms with Crippen LogP contribution in [0.25, 0.3) is 0 Å². The zero-order valence-electron chi connectivity index (χ0n) is 10.1. The van der Waals surface area contributed by atoms with Gasteiger partial charge in [-0.3, -0.25) is 4.79 Å². The van der Waals surface area contributed by atoms with Crippen LogP contribution in [0.5, 0.6) is 0 Å². The van der Waals surface area contributed by atoms with Crippen LogP contribution in [0.1, 0.15) is 39.0 Å².